The zero-order valence-corrected chi connectivity index (χ0v) is 21.8. The maximum atomic E-state index is 13.1. The average Bonchev–Trinajstić information content (AvgIpc) is 2.78. The van der Waals surface area contributed by atoms with E-state index in [0.717, 1.165) is 24.0 Å². The van der Waals surface area contributed by atoms with E-state index in [1.807, 2.05) is 30.3 Å². The van der Waals surface area contributed by atoms with Crippen molar-refractivity contribution in [2.24, 2.45) is 5.92 Å². The van der Waals surface area contributed by atoms with Crippen molar-refractivity contribution < 1.29 is 14.3 Å². The number of pyridine rings is 1. The van der Waals surface area contributed by atoms with Crippen molar-refractivity contribution in [1.29, 1.82) is 0 Å². The van der Waals surface area contributed by atoms with Crippen molar-refractivity contribution in [3.8, 4) is 28.4 Å². The molecular weight excluding hydrogens is 460 g/mol. The molecule has 2 heterocycles. The summed E-state index contributed by atoms with van der Waals surface area (Å²) in [4.78, 5) is 17.4. The number of ketones is 1. The number of Topliss-reactive ketones (excluding diaryl/α,β-unsaturated/α-hetero) is 1. The molecule has 1 fully saturated rings. The largest absolute Gasteiger partial charge is 0.496 e. The topological polar surface area (TPSA) is 60.5 Å². The molecule has 0 bridgehead atoms. The first-order chi connectivity index (χ1) is 16.6. The van der Waals surface area contributed by atoms with Crippen LogP contribution in [-0.4, -0.2) is 29.0 Å². The van der Waals surface area contributed by atoms with E-state index in [1.54, 1.807) is 37.7 Å². The molecule has 1 aliphatic heterocycles. The van der Waals surface area contributed by atoms with Crippen molar-refractivity contribution >= 4 is 17.4 Å². The second kappa shape index (κ2) is 10.00. The highest BCUT2D eigenvalue weighted by atomic mass is 35.5. The number of rotatable bonds is 7. The van der Waals surface area contributed by atoms with E-state index in [9.17, 15) is 4.79 Å². The number of carbonyl (C=O) groups is 1. The van der Waals surface area contributed by atoms with Gasteiger partial charge in [0, 0.05) is 46.6 Å². The molecule has 3 aromatic rings. The number of carbonyl (C=O) groups excluding carboxylic acids is 1. The fourth-order valence-electron chi connectivity index (χ4n) is 5.47. The van der Waals surface area contributed by atoms with Gasteiger partial charge >= 0.3 is 0 Å². The molecule has 5 nitrogen and oxygen atoms in total. The lowest BCUT2D eigenvalue weighted by atomic mass is 9.74. The summed E-state index contributed by atoms with van der Waals surface area (Å²) >= 11 is 6.59. The van der Waals surface area contributed by atoms with E-state index in [2.05, 4.69) is 38.0 Å². The molecule has 4 rings (SSSR count). The zero-order valence-electron chi connectivity index (χ0n) is 21.0. The monoisotopic (exact) mass is 492 g/mol. The minimum atomic E-state index is 0.00633. The van der Waals surface area contributed by atoms with Crippen LogP contribution in [0.1, 0.15) is 57.3 Å². The van der Waals surface area contributed by atoms with Gasteiger partial charge in [0.1, 0.15) is 17.2 Å². The smallest absolute Gasteiger partial charge is 0.163 e. The Bertz CT molecular complexity index is 1210. The van der Waals surface area contributed by atoms with Crippen molar-refractivity contribution in [2.75, 3.05) is 7.11 Å². The summed E-state index contributed by atoms with van der Waals surface area (Å²) in [5.41, 5.74) is 2.28. The van der Waals surface area contributed by atoms with E-state index in [4.69, 9.17) is 21.1 Å². The van der Waals surface area contributed by atoms with Gasteiger partial charge in [-0.05, 0) is 76.8 Å². The van der Waals surface area contributed by atoms with E-state index < -0.39 is 0 Å². The van der Waals surface area contributed by atoms with E-state index in [-0.39, 0.29) is 16.9 Å². The predicted octanol–water partition coefficient (Wildman–Crippen LogP) is 7.33. The first kappa shape index (κ1) is 25.2. The van der Waals surface area contributed by atoms with Crippen LogP contribution in [0.4, 0.5) is 0 Å². The summed E-state index contributed by atoms with van der Waals surface area (Å²) < 4.78 is 11.7. The molecule has 0 unspecified atom stereocenters. The standard InChI is InChI=1S/C29H33ClN2O3/c1-28(2)16-19(17-29(3,4)32-28)14-24(33)20-10-11-27(23(30)15-20)35-26-9-7-6-8-21(26)22-18-31-13-12-25(22)34-5/h6-13,15,18-19,32H,14,16-17H2,1-5H3. The van der Waals surface area contributed by atoms with Gasteiger partial charge in [-0.3, -0.25) is 9.78 Å². The van der Waals surface area contributed by atoms with Gasteiger partial charge in [-0.15, -0.1) is 0 Å². The first-order valence-corrected chi connectivity index (χ1v) is 12.3. The van der Waals surface area contributed by atoms with Gasteiger partial charge in [-0.2, -0.15) is 0 Å². The van der Waals surface area contributed by atoms with Crippen LogP contribution in [0.25, 0.3) is 11.1 Å². The number of hydrogen-bond donors (Lipinski definition) is 1. The van der Waals surface area contributed by atoms with Crippen LogP contribution in [-0.2, 0) is 0 Å². The van der Waals surface area contributed by atoms with Crippen LogP contribution < -0.4 is 14.8 Å². The van der Waals surface area contributed by atoms with Gasteiger partial charge in [0.25, 0.3) is 0 Å². The third-order valence-electron chi connectivity index (χ3n) is 6.40. The Balaban J connectivity index is 1.53. The molecule has 2 aromatic carbocycles. The average molecular weight is 493 g/mol. The fraction of sp³-hybridized carbons (Fsp3) is 0.379. The molecule has 0 radical (unpaired) electrons. The Morgan fingerprint density at radius 3 is 2.40 bits per heavy atom. The van der Waals surface area contributed by atoms with Crippen molar-refractivity contribution in [3.05, 3.63) is 71.5 Å². The van der Waals surface area contributed by atoms with Gasteiger partial charge in [-0.1, -0.05) is 29.8 Å². The summed E-state index contributed by atoms with van der Waals surface area (Å²) in [7, 11) is 1.63. The Labute approximate surface area is 212 Å². The number of para-hydroxylation sites is 1. The molecule has 35 heavy (non-hydrogen) atoms. The lowest BCUT2D eigenvalue weighted by Crippen LogP contribution is -2.57. The lowest BCUT2D eigenvalue weighted by molar-refractivity contribution is 0.0864. The second-order valence-electron chi connectivity index (χ2n) is 10.6. The number of ether oxygens (including phenoxy) is 2. The Kier molecular flexibility index (Phi) is 7.20. The second-order valence-corrected chi connectivity index (χ2v) is 11.0. The van der Waals surface area contributed by atoms with Crippen LogP contribution in [0.3, 0.4) is 0 Å². The number of aromatic nitrogens is 1. The molecule has 0 spiro atoms. The third kappa shape index (κ3) is 6.03. The van der Waals surface area contributed by atoms with Gasteiger partial charge < -0.3 is 14.8 Å². The molecule has 0 saturated carbocycles. The van der Waals surface area contributed by atoms with Crippen molar-refractivity contribution in [1.82, 2.24) is 10.3 Å². The molecule has 1 N–H and O–H groups in total. The van der Waals surface area contributed by atoms with Crippen LogP contribution >= 0.6 is 11.6 Å². The fourth-order valence-corrected chi connectivity index (χ4v) is 5.69. The number of methoxy groups -OCH3 is 1. The summed E-state index contributed by atoms with van der Waals surface area (Å²) in [6, 6.07) is 14.7. The Morgan fingerprint density at radius 2 is 1.71 bits per heavy atom. The van der Waals surface area contributed by atoms with E-state index >= 15 is 0 Å². The van der Waals surface area contributed by atoms with E-state index in [1.165, 1.54) is 0 Å². The van der Waals surface area contributed by atoms with Gasteiger partial charge in [0.2, 0.25) is 0 Å². The Morgan fingerprint density at radius 1 is 1.00 bits per heavy atom. The van der Waals surface area contributed by atoms with Crippen LogP contribution in [0.15, 0.2) is 60.9 Å². The molecule has 184 valence electrons. The highest BCUT2D eigenvalue weighted by Gasteiger charge is 2.38. The number of benzene rings is 2. The minimum absolute atomic E-state index is 0.00633. The normalized spacial score (nSPS) is 17.1. The third-order valence-corrected chi connectivity index (χ3v) is 6.70. The maximum absolute atomic E-state index is 13.1. The number of nitrogens with zero attached hydrogens (tertiary/aromatic N) is 1. The summed E-state index contributed by atoms with van der Waals surface area (Å²) in [5, 5.41) is 4.08. The molecule has 0 amide bonds. The lowest BCUT2D eigenvalue weighted by Gasteiger charge is -2.46. The number of piperidine rings is 1. The van der Waals surface area contributed by atoms with Crippen molar-refractivity contribution in [3.63, 3.8) is 0 Å². The Hall–Kier alpha value is -2.89. The van der Waals surface area contributed by atoms with Crippen LogP contribution in [0, 0.1) is 5.92 Å². The summed E-state index contributed by atoms with van der Waals surface area (Å²) in [6.45, 7) is 8.81. The zero-order chi connectivity index (χ0) is 25.2. The highest BCUT2D eigenvalue weighted by Crippen LogP contribution is 2.40. The summed E-state index contributed by atoms with van der Waals surface area (Å²) in [6.07, 6.45) is 5.87. The number of halogens is 1. The molecule has 6 heteroatoms. The minimum Gasteiger partial charge on any atom is -0.496 e. The molecular formula is C29H33ClN2O3. The molecule has 0 atom stereocenters. The quantitative estimate of drug-likeness (QED) is 0.350. The van der Waals surface area contributed by atoms with Gasteiger partial charge in [0.05, 0.1) is 12.1 Å². The summed E-state index contributed by atoms with van der Waals surface area (Å²) in [5.74, 6) is 2.25. The SMILES string of the molecule is COc1ccncc1-c1ccccc1Oc1ccc(C(=O)CC2CC(C)(C)NC(C)(C)C2)cc1Cl. The number of nitrogens with one attached hydrogen (secondary N) is 1. The molecule has 1 saturated heterocycles. The number of hydrogen-bond acceptors (Lipinski definition) is 5. The van der Waals surface area contributed by atoms with Gasteiger partial charge in [-0.25, -0.2) is 0 Å². The molecule has 1 aliphatic rings. The maximum Gasteiger partial charge on any atom is 0.163 e. The molecule has 1 aromatic heterocycles. The first-order valence-electron chi connectivity index (χ1n) is 11.9. The highest BCUT2D eigenvalue weighted by molar-refractivity contribution is 6.32. The molecule has 0 aliphatic carbocycles. The van der Waals surface area contributed by atoms with Crippen LogP contribution in [0.2, 0.25) is 5.02 Å². The van der Waals surface area contributed by atoms with Gasteiger partial charge in [0.15, 0.2) is 5.78 Å². The predicted molar refractivity (Wildman–Crippen MR) is 141 cm³/mol. The van der Waals surface area contributed by atoms with Crippen LogP contribution in [0.5, 0.6) is 17.2 Å². The van der Waals surface area contributed by atoms with E-state index in [0.29, 0.717) is 40.2 Å². The van der Waals surface area contributed by atoms with Crippen molar-refractivity contribution in [2.45, 2.75) is 58.0 Å².